The SMILES string of the molecule is CC(=O)N1CCCCCCCCN(C2CCN(C(=O)c3cnc(C4CC4)nc3C)CC2)Cc2ccccc21. The standard InChI is InChI=1S/C31H43N5O2/c1-23-28(21-32-30(33-23)25-13-14-25)31(38)34-19-15-27(16-20-34)35-17-9-5-3-4-6-10-18-36(24(2)37)29-12-8-7-11-26(29)22-35/h7-8,11-12,21,25,27H,3-6,9-10,13-20,22H2,1-2H3. The number of amides is 2. The van der Waals surface area contributed by atoms with E-state index in [-0.39, 0.29) is 11.8 Å². The molecule has 0 radical (unpaired) electrons. The molecule has 1 saturated heterocycles. The van der Waals surface area contributed by atoms with Crippen LogP contribution in [0.1, 0.15) is 104 Å². The highest BCUT2D eigenvalue weighted by Crippen LogP contribution is 2.38. The number of nitrogens with zero attached hydrogens (tertiary/aromatic N) is 5. The Morgan fingerprint density at radius 3 is 2.24 bits per heavy atom. The van der Waals surface area contributed by atoms with E-state index in [0.717, 1.165) is 82.0 Å². The Hall–Kier alpha value is -2.80. The van der Waals surface area contributed by atoms with Gasteiger partial charge in [-0.2, -0.15) is 0 Å². The molecule has 1 aromatic carbocycles. The van der Waals surface area contributed by atoms with Gasteiger partial charge in [0, 0.05) is 56.9 Å². The molecular formula is C31H43N5O2. The number of carbonyl (C=O) groups is 2. The molecule has 1 saturated carbocycles. The Balaban J connectivity index is 1.28. The molecule has 38 heavy (non-hydrogen) atoms. The van der Waals surface area contributed by atoms with Gasteiger partial charge in [-0.1, -0.05) is 43.9 Å². The Kier molecular flexibility index (Phi) is 8.72. The fraction of sp³-hybridized carbons (Fsp3) is 0.613. The predicted molar refractivity (Wildman–Crippen MR) is 150 cm³/mol. The van der Waals surface area contributed by atoms with Crippen molar-refractivity contribution in [1.82, 2.24) is 19.8 Å². The molecule has 2 aliphatic heterocycles. The van der Waals surface area contributed by atoms with Gasteiger partial charge in [-0.3, -0.25) is 14.5 Å². The number of carbonyl (C=O) groups excluding carboxylic acids is 2. The molecule has 1 aliphatic carbocycles. The average Bonchev–Trinajstić information content (AvgIpc) is 3.77. The van der Waals surface area contributed by atoms with Crippen LogP contribution in [-0.4, -0.2) is 63.8 Å². The summed E-state index contributed by atoms with van der Waals surface area (Å²) in [5.41, 5.74) is 3.74. The fourth-order valence-corrected chi connectivity index (χ4v) is 6.09. The lowest BCUT2D eigenvalue weighted by atomic mass is 10.00. The van der Waals surface area contributed by atoms with Crippen molar-refractivity contribution < 1.29 is 9.59 Å². The van der Waals surface area contributed by atoms with Crippen LogP contribution in [0.2, 0.25) is 0 Å². The Morgan fingerprint density at radius 1 is 0.868 bits per heavy atom. The van der Waals surface area contributed by atoms with Gasteiger partial charge in [0.2, 0.25) is 5.91 Å². The van der Waals surface area contributed by atoms with Gasteiger partial charge >= 0.3 is 0 Å². The number of fused-ring (bicyclic) bond motifs is 1. The van der Waals surface area contributed by atoms with E-state index in [1.165, 1.54) is 37.7 Å². The predicted octanol–water partition coefficient (Wildman–Crippen LogP) is 5.48. The first-order valence-electron chi connectivity index (χ1n) is 14.7. The van der Waals surface area contributed by atoms with E-state index >= 15 is 0 Å². The van der Waals surface area contributed by atoms with Crippen molar-refractivity contribution in [3.05, 3.63) is 53.1 Å². The molecule has 0 unspecified atom stereocenters. The molecule has 3 aliphatic rings. The lowest BCUT2D eigenvalue weighted by Gasteiger charge is -2.39. The van der Waals surface area contributed by atoms with Crippen LogP contribution in [0.25, 0.3) is 0 Å². The zero-order valence-electron chi connectivity index (χ0n) is 23.2. The van der Waals surface area contributed by atoms with Gasteiger partial charge < -0.3 is 9.80 Å². The van der Waals surface area contributed by atoms with Crippen LogP contribution in [0.3, 0.4) is 0 Å². The third-order valence-electron chi connectivity index (χ3n) is 8.55. The number of aromatic nitrogens is 2. The summed E-state index contributed by atoms with van der Waals surface area (Å²) < 4.78 is 0. The quantitative estimate of drug-likeness (QED) is 0.540. The van der Waals surface area contributed by atoms with Crippen molar-refractivity contribution in [2.45, 2.75) is 96.6 Å². The van der Waals surface area contributed by atoms with Gasteiger partial charge in [-0.15, -0.1) is 0 Å². The van der Waals surface area contributed by atoms with Crippen LogP contribution < -0.4 is 4.90 Å². The first-order valence-corrected chi connectivity index (χ1v) is 14.7. The molecule has 2 aromatic rings. The molecule has 0 atom stereocenters. The van der Waals surface area contributed by atoms with E-state index in [2.05, 4.69) is 33.1 Å². The Bertz CT molecular complexity index is 1120. The second-order valence-electron chi connectivity index (χ2n) is 11.4. The number of benzene rings is 1. The molecule has 0 spiro atoms. The van der Waals surface area contributed by atoms with Gasteiger partial charge in [-0.05, 0) is 63.6 Å². The number of hydrogen-bond donors (Lipinski definition) is 0. The molecule has 1 aromatic heterocycles. The van der Waals surface area contributed by atoms with Crippen LogP contribution in [0, 0.1) is 6.92 Å². The van der Waals surface area contributed by atoms with Gasteiger partial charge in [0.15, 0.2) is 0 Å². The summed E-state index contributed by atoms with van der Waals surface area (Å²) in [6, 6.07) is 8.86. The number of likely N-dealkylation sites (tertiary alicyclic amines) is 1. The molecule has 7 nitrogen and oxygen atoms in total. The third kappa shape index (κ3) is 6.42. The number of para-hydroxylation sites is 1. The zero-order valence-corrected chi connectivity index (χ0v) is 23.2. The van der Waals surface area contributed by atoms with Crippen molar-refractivity contribution in [3.8, 4) is 0 Å². The minimum atomic E-state index is 0.0654. The van der Waals surface area contributed by atoms with Crippen LogP contribution in [0.5, 0.6) is 0 Å². The van der Waals surface area contributed by atoms with E-state index in [0.29, 0.717) is 17.5 Å². The van der Waals surface area contributed by atoms with Gasteiger partial charge in [-0.25, -0.2) is 9.97 Å². The minimum absolute atomic E-state index is 0.0654. The topological polar surface area (TPSA) is 69.6 Å². The van der Waals surface area contributed by atoms with Crippen LogP contribution in [0.15, 0.2) is 30.5 Å². The molecular weight excluding hydrogens is 474 g/mol. The second kappa shape index (κ2) is 12.4. The van der Waals surface area contributed by atoms with Crippen molar-refractivity contribution in [3.63, 3.8) is 0 Å². The number of rotatable bonds is 3. The molecule has 5 rings (SSSR count). The molecule has 0 bridgehead atoms. The maximum atomic E-state index is 13.3. The Morgan fingerprint density at radius 2 is 1.55 bits per heavy atom. The highest BCUT2D eigenvalue weighted by Gasteiger charge is 2.31. The highest BCUT2D eigenvalue weighted by molar-refractivity contribution is 5.95. The van der Waals surface area contributed by atoms with E-state index < -0.39 is 0 Å². The summed E-state index contributed by atoms with van der Waals surface area (Å²) in [5.74, 6) is 1.57. The smallest absolute Gasteiger partial charge is 0.257 e. The summed E-state index contributed by atoms with van der Waals surface area (Å²) >= 11 is 0. The fourth-order valence-electron chi connectivity index (χ4n) is 6.09. The Labute approximate surface area is 227 Å². The molecule has 0 N–H and O–H groups in total. The number of hydrogen-bond acceptors (Lipinski definition) is 5. The first kappa shape index (κ1) is 26.8. The van der Waals surface area contributed by atoms with Crippen molar-refractivity contribution >= 4 is 17.5 Å². The zero-order chi connectivity index (χ0) is 26.5. The number of aryl methyl sites for hydroxylation is 1. The number of anilines is 1. The monoisotopic (exact) mass is 517 g/mol. The average molecular weight is 518 g/mol. The third-order valence-corrected chi connectivity index (χ3v) is 8.55. The molecule has 2 fully saturated rings. The number of piperidine rings is 1. The lowest BCUT2D eigenvalue weighted by molar-refractivity contribution is -0.116. The molecule has 3 heterocycles. The molecule has 204 valence electrons. The van der Waals surface area contributed by atoms with Crippen molar-refractivity contribution in [1.29, 1.82) is 0 Å². The second-order valence-corrected chi connectivity index (χ2v) is 11.4. The van der Waals surface area contributed by atoms with Crippen molar-refractivity contribution in [2.24, 2.45) is 0 Å². The van der Waals surface area contributed by atoms with Crippen molar-refractivity contribution in [2.75, 3.05) is 31.1 Å². The first-order chi connectivity index (χ1) is 18.5. The van der Waals surface area contributed by atoms with E-state index in [1.54, 1.807) is 13.1 Å². The van der Waals surface area contributed by atoms with E-state index in [1.807, 2.05) is 22.8 Å². The van der Waals surface area contributed by atoms with Gasteiger partial charge in [0.1, 0.15) is 5.82 Å². The summed E-state index contributed by atoms with van der Waals surface area (Å²) in [6.07, 6.45) is 13.2. The van der Waals surface area contributed by atoms with Gasteiger partial charge in [0.05, 0.1) is 11.3 Å². The summed E-state index contributed by atoms with van der Waals surface area (Å²) in [6.45, 7) is 7.82. The minimum Gasteiger partial charge on any atom is -0.338 e. The van der Waals surface area contributed by atoms with Crippen LogP contribution >= 0.6 is 0 Å². The normalized spacial score (nSPS) is 20.7. The molecule has 2 amide bonds. The lowest BCUT2D eigenvalue weighted by Crippen LogP contribution is -2.47. The largest absolute Gasteiger partial charge is 0.338 e. The highest BCUT2D eigenvalue weighted by atomic mass is 16.2. The van der Waals surface area contributed by atoms with Crippen LogP contribution in [-0.2, 0) is 11.3 Å². The maximum Gasteiger partial charge on any atom is 0.257 e. The summed E-state index contributed by atoms with van der Waals surface area (Å²) in [4.78, 5) is 41.7. The van der Waals surface area contributed by atoms with Crippen LogP contribution in [0.4, 0.5) is 5.69 Å². The molecule has 7 heteroatoms. The van der Waals surface area contributed by atoms with E-state index in [4.69, 9.17) is 0 Å². The maximum absolute atomic E-state index is 13.3. The summed E-state index contributed by atoms with van der Waals surface area (Å²) in [7, 11) is 0. The van der Waals surface area contributed by atoms with E-state index in [9.17, 15) is 9.59 Å². The summed E-state index contributed by atoms with van der Waals surface area (Å²) in [5, 5.41) is 0. The van der Waals surface area contributed by atoms with Gasteiger partial charge in [0.25, 0.3) is 5.91 Å².